The molecule has 0 aromatic carbocycles. The predicted octanol–water partition coefficient (Wildman–Crippen LogP) is 0.258. The van der Waals surface area contributed by atoms with Crippen LogP contribution in [-0.4, -0.2) is 28.9 Å². The van der Waals surface area contributed by atoms with Crippen LogP contribution in [0.2, 0.25) is 0 Å². The molecule has 4 N–H and O–H groups in total. The van der Waals surface area contributed by atoms with Crippen molar-refractivity contribution in [1.82, 2.24) is 5.32 Å². The van der Waals surface area contributed by atoms with E-state index in [0.717, 1.165) is 0 Å². The molecule has 0 rings (SSSR count). The number of hydrogen-bond acceptors (Lipinski definition) is 3. The summed E-state index contributed by atoms with van der Waals surface area (Å²) in [6.45, 7) is 5.64. The lowest BCUT2D eigenvalue weighted by molar-refractivity contribution is -0.142. The van der Waals surface area contributed by atoms with Gasteiger partial charge in [-0.3, -0.25) is 9.59 Å². The van der Waals surface area contributed by atoms with E-state index in [1.54, 1.807) is 0 Å². The molecule has 2 amide bonds. The van der Waals surface area contributed by atoms with Crippen molar-refractivity contribution >= 4 is 17.8 Å². The number of nitrogens with two attached hydrogens (primary N) is 1. The van der Waals surface area contributed by atoms with Crippen molar-refractivity contribution in [2.75, 3.05) is 0 Å². The van der Waals surface area contributed by atoms with Gasteiger partial charge >= 0.3 is 5.97 Å². The molecule has 6 heteroatoms. The highest BCUT2D eigenvalue weighted by Crippen LogP contribution is 2.18. The van der Waals surface area contributed by atoms with Gasteiger partial charge in [-0.2, -0.15) is 0 Å². The summed E-state index contributed by atoms with van der Waals surface area (Å²) in [6.07, 6.45) is 0.181. The van der Waals surface area contributed by atoms with E-state index in [2.05, 4.69) is 5.32 Å². The number of aliphatic carboxylic acids is 1. The average molecular weight is 244 g/mol. The highest BCUT2D eigenvalue weighted by molar-refractivity contribution is 5.84. The molecule has 0 aliphatic rings. The summed E-state index contributed by atoms with van der Waals surface area (Å²) in [5.41, 5.74) is 4.72. The standard InChI is InChI=1S/C11H20N2O4/c1-11(2,3)6-9(15)13-7(10(16)17)4-5-8(12)14/h7H,4-6H2,1-3H3,(H2,12,14)(H,13,15)(H,16,17)/t7-/m0/s1. The van der Waals surface area contributed by atoms with Gasteiger partial charge in [0.25, 0.3) is 0 Å². The minimum atomic E-state index is -1.16. The number of carbonyl (C=O) groups is 3. The monoisotopic (exact) mass is 244 g/mol. The Balaban J connectivity index is 4.30. The first kappa shape index (κ1) is 15.4. The lowest BCUT2D eigenvalue weighted by Gasteiger charge is -2.20. The maximum atomic E-state index is 11.5. The van der Waals surface area contributed by atoms with Crippen LogP contribution in [0.15, 0.2) is 0 Å². The van der Waals surface area contributed by atoms with Gasteiger partial charge in [0, 0.05) is 12.8 Å². The quantitative estimate of drug-likeness (QED) is 0.622. The molecule has 6 nitrogen and oxygen atoms in total. The smallest absolute Gasteiger partial charge is 0.326 e. The molecule has 98 valence electrons. The Morgan fingerprint density at radius 3 is 2.18 bits per heavy atom. The summed E-state index contributed by atoms with van der Waals surface area (Å²) in [4.78, 5) is 32.9. The van der Waals surface area contributed by atoms with Gasteiger partial charge in [0.15, 0.2) is 0 Å². The number of hydrogen-bond donors (Lipinski definition) is 3. The van der Waals surface area contributed by atoms with Gasteiger partial charge in [0.05, 0.1) is 0 Å². The number of amides is 2. The maximum Gasteiger partial charge on any atom is 0.326 e. The number of carboxylic acid groups (broad SMARTS) is 1. The van der Waals surface area contributed by atoms with Crippen LogP contribution in [-0.2, 0) is 14.4 Å². The van der Waals surface area contributed by atoms with Crippen molar-refractivity contribution < 1.29 is 19.5 Å². The zero-order valence-corrected chi connectivity index (χ0v) is 10.4. The van der Waals surface area contributed by atoms with Crippen molar-refractivity contribution in [1.29, 1.82) is 0 Å². The summed E-state index contributed by atoms with van der Waals surface area (Å²) in [7, 11) is 0. The number of carbonyl (C=O) groups excluding carboxylic acids is 2. The zero-order chi connectivity index (χ0) is 13.6. The first-order valence-corrected chi connectivity index (χ1v) is 5.42. The largest absolute Gasteiger partial charge is 0.480 e. The summed E-state index contributed by atoms with van der Waals surface area (Å²) < 4.78 is 0. The molecule has 0 aliphatic heterocycles. The molecule has 0 aliphatic carbocycles. The molecule has 0 saturated carbocycles. The zero-order valence-electron chi connectivity index (χ0n) is 10.4. The Kier molecular flexibility index (Phi) is 5.64. The van der Waals surface area contributed by atoms with Gasteiger partial charge in [-0.15, -0.1) is 0 Å². The third-order valence-corrected chi connectivity index (χ3v) is 2.00. The fourth-order valence-electron chi connectivity index (χ4n) is 1.27. The number of rotatable bonds is 6. The first-order chi connectivity index (χ1) is 7.61. The van der Waals surface area contributed by atoms with E-state index in [1.807, 2.05) is 20.8 Å². The van der Waals surface area contributed by atoms with E-state index < -0.39 is 17.9 Å². The Morgan fingerprint density at radius 1 is 1.29 bits per heavy atom. The molecular weight excluding hydrogens is 224 g/mol. The molecule has 0 saturated heterocycles. The fourth-order valence-corrected chi connectivity index (χ4v) is 1.27. The van der Waals surface area contributed by atoms with Gasteiger partial charge in [-0.05, 0) is 11.8 Å². The van der Waals surface area contributed by atoms with Crippen molar-refractivity contribution in [2.45, 2.75) is 46.1 Å². The minimum Gasteiger partial charge on any atom is -0.480 e. The molecule has 1 atom stereocenters. The number of primary amides is 1. The van der Waals surface area contributed by atoms with Gasteiger partial charge in [0.2, 0.25) is 11.8 Å². The van der Waals surface area contributed by atoms with Crippen LogP contribution >= 0.6 is 0 Å². The second kappa shape index (κ2) is 6.22. The van der Waals surface area contributed by atoms with E-state index in [9.17, 15) is 14.4 Å². The van der Waals surface area contributed by atoms with Crippen molar-refractivity contribution in [3.8, 4) is 0 Å². The molecule has 17 heavy (non-hydrogen) atoms. The topological polar surface area (TPSA) is 109 Å². The number of nitrogens with one attached hydrogen (secondary N) is 1. The lowest BCUT2D eigenvalue weighted by atomic mass is 9.92. The van der Waals surface area contributed by atoms with E-state index in [1.165, 1.54) is 0 Å². The van der Waals surface area contributed by atoms with Crippen LogP contribution in [0, 0.1) is 5.41 Å². The molecule has 0 spiro atoms. The molecule has 0 unspecified atom stereocenters. The molecule has 0 aromatic rings. The van der Waals surface area contributed by atoms with Crippen LogP contribution in [0.25, 0.3) is 0 Å². The van der Waals surface area contributed by atoms with Crippen LogP contribution in [0.5, 0.6) is 0 Å². The van der Waals surface area contributed by atoms with Crippen molar-refractivity contribution in [3.63, 3.8) is 0 Å². The summed E-state index contributed by atoms with van der Waals surface area (Å²) in [5.74, 6) is -2.08. The molecule has 0 heterocycles. The van der Waals surface area contributed by atoms with Gasteiger partial charge < -0.3 is 16.2 Å². The maximum absolute atomic E-state index is 11.5. The first-order valence-electron chi connectivity index (χ1n) is 5.42. The Hall–Kier alpha value is -1.59. The van der Waals surface area contributed by atoms with Crippen LogP contribution in [0.3, 0.4) is 0 Å². The van der Waals surface area contributed by atoms with E-state index in [-0.39, 0.29) is 30.6 Å². The van der Waals surface area contributed by atoms with E-state index in [0.29, 0.717) is 0 Å². The highest BCUT2D eigenvalue weighted by atomic mass is 16.4. The Morgan fingerprint density at radius 2 is 1.82 bits per heavy atom. The Bertz CT molecular complexity index is 307. The molecular formula is C11H20N2O4. The van der Waals surface area contributed by atoms with Crippen molar-refractivity contribution in [2.24, 2.45) is 11.1 Å². The van der Waals surface area contributed by atoms with E-state index in [4.69, 9.17) is 10.8 Å². The Labute approximate surface area is 101 Å². The fraction of sp³-hybridized carbons (Fsp3) is 0.727. The van der Waals surface area contributed by atoms with Gasteiger partial charge in [-0.25, -0.2) is 4.79 Å². The summed E-state index contributed by atoms with van der Waals surface area (Å²) >= 11 is 0. The lowest BCUT2D eigenvalue weighted by Crippen LogP contribution is -2.42. The second-order valence-corrected chi connectivity index (χ2v) is 5.20. The SMILES string of the molecule is CC(C)(C)CC(=O)N[C@@H](CCC(N)=O)C(=O)O. The number of carboxylic acids is 1. The van der Waals surface area contributed by atoms with Gasteiger partial charge in [0.1, 0.15) is 6.04 Å². The van der Waals surface area contributed by atoms with Crippen LogP contribution < -0.4 is 11.1 Å². The molecule has 0 aromatic heterocycles. The normalized spacial score (nSPS) is 12.9. The van der Waals surface area contributed by atoms with Crippen molar-refractivity contribution in [3.05, 3.63) is 0 Å². The average Bonchev–Trinajstić information content (AvgIpc) is 2.08. The molecule has 0 bridgehead atoms. The van der Waals surface area contributed by atoms with Crippen LogP contribution in [0.4, 0.5) is 0 Å². The van der Waals surface area contributed by atoms with E-state index >= 15 is 0 Å². The predicted molar refractivity (Wildman–Crippen MR) is 62.1 cm³/mol. The second-order valence-electron chi connectivity index (χ2n) is 5.20. The molecule has 0 fully saturated rings. The summed E-state index contributed by atoms with van der Waals surface area (Å²) in [6, 6.07) is -1.06. The summed E-state index contributed by atoms with van der Waals surface area (Å²) in [5, 5.41) is 11.2. The van der Waals surface area contributed by atoms with Gasteiger partial charge in [-0.1, -0.05) is 20.8 Å². The molecule has 0 radical (unpaired) electrons. The third-order valence-electron chi connectivity index (χ3n) is 2.00. The minimum absolute atomic E-state index is 0.0144. The highest BCUT2D eigenvalue weighted by Gasteiger charge is 2.23. The van der Waals surface area contributed by atoms with Crippen LogP contribution in [0.1, 0.15) is 40.0 Å². The third kappa shape index (κ3) is 8.24.